The maximum absolute atomic E-state index is 10.7. The highest BCUT2D eigenvalue weighted by Gasteiger charge is 2.14. The topological polar surface area (TPSA) is 48.0 Å². The molecule has 1 amide bonds. The van der Waals surface area contributed by atoms with Crippen molar-refractivity contribution in [3.05, 3.63) is 35.4 Å². The van der Waals surface area contributed by atoms with Crippen LogP contribution in [0.2, 0.25) is 0 Å². The summed E-state index contributed by atoms with van der Waals surface area (Å²) in [5.41, 5.74) is 6.44. The number of unbranched alkanes of at least 4 members (excludes halogenated alkanes) is 4. The number of fused-ring (bicyclic) bond motifs is 1. The van der Waals surface area contributed by atoms with Gasteiger partial charge in [0.1, 0.15) is 0 Å². The molecule has 0 bridgehead atoms. The molecule has 1 aliphatic rings. The van der Waals surface area contributed by atoms with Crippen LogP contribution in [0.15, 0.2) is 24.3 Å². The molecule has 0 saturated carbocycles. The predicted molar refractivity (Wildman–Crippen MR) is 81.0 cm³/mol. The summed E-state index contributed by atoms with van der Waals surface area (Å²) in [4.78, 5) is 13.3. The van der Waals surface area contributed by atoms with Gasteiger partial charge in [-0.25, -0.2) is 4.79 Å². The van der Waals surface area contributed by atoms with Gasteiger partial charge in [-0.2, -0.15) is 0 Å². The molecule has 2 rings (SSSR count). The fourth-order valence-corrected chi connectivity index (χ4v) is 2.93. The van der Waals surface area contributed by atoms with Gasteiger partial charge in [0.25, 0.3) is 0 Å². The number of hydrogen-bond donors (Lipinski definition) is 1. The zero-order chi connectivity index (χ0) is 14.2. The van der Waals surface area contributed by atoms with Gasteiger partial charge >= 0.3 is 5.91 Å². The number of amides is 1. The molecule has 3 N–H and O–H groups in total. The Balaban J connectivity index is 1.56. The molecule has 1 heterocycles. The highest BCUT2D eigenvalue weighted by Crippen LogP contribution is 2.18. The highest BCUT2D eigenvalue weighted by atomic mass is 16.1. The molecule has 1 aromatic rings. The van der Waals surface area contributed by atoms with E-state index < -0.39 is 0 Å². The van der Waals surface area contributed by atoms with Crippen molar-refractivity contribution >= 4 is 5.91 Å². The molecule has 1 aliphatic heterocycles. The van der Waals surface area contributed by atoms with E-state index >= 15 is 0 Å². The second kappa shape index (κ2) is 8.18. The molecule has 20 heavy (non-hydrogen) atoms. The summed E-state index contributed by atoms with van der Waals surface area (Å²) in [7, 11) is 0. The van der Waals surface area contributed by atoms with E-state index in [0.29, 0.717) is 6.42 Å². The third kappa shape index (κ3) is 5.06. The van der Waals surface area contributed by atoms with Gasteiger partial charge in [0.2, 0.25) is 0 Å². The first-order valence-corrected chi connectivity index (χ1v) is 7.89. The van der Waals surface area contributed by atoms with Crippen LogP contribution in [0.3, 0.4) is 0 Å². The number of carbonyl (C=O) groups is 1. The van der Waals surface area contributed by atoms with Crippen molar-refractivity contribution < 1.29 is 10.5 Å². The number of hydrogen-bond acceptors (Lipinski definition) is 2. The maximum Gasteiger partial charge on any atom is 0.308 e. The van der Waals surface area contributed by atoms with Gasteiger partial charge in [0.15, 0.2) is 0 Å². The molecule has 3 nitrogen and oxygen atoms in total. The van der Waals surface area contributed by atoms with E-state index in [0.717, 1.165) is 13.0 Å². The molecule has 0 atom stereocenters. The van der Waals surface area contributed by atoms with E-state index in [2.05, 4.69) is 34.9 Å². The lowest BCUT2D eigenvalue weighted by Crippen LogP contribution is -2.56. The predicted octanol–water partition coefficient (Wildman–Crippen LogP) is 2.15. The zero-order valence-corrected chi connectivity index (χ0v) is 12.4. The Morgan fingerprint density at radius 1 is 1.05 bits per heavy atom. The molecule has 0 fully saturated rings. The van der Waals surface area contributed by atoms with Crippen molar-refractivity contribution in [2.75, 3.05) is 13.1 Å². The summed E-state index contributed by atoms with van der Waals surface area (Å²) in [5, 5.41) is 0. The van der Waals surface area contributed by atoms with Gasteiger partial charge in [-0.15, -0.1) is 0 Å². The molecule has 0 radical (unpaired) electrons. The van der Waals surface area contributed by atoms with Crippen molar-refractivity contribution in [3.63, 3.8) is 0 Å². The summed E-state index contributed by atoms with van der Waals surface area (Å²) in [6, 6.07) is 8.81. The first kappa shape index (κ1) is 15.2. The third-order valence-corrected chi connectivity index (χ3v) is 4.14. The minimum Gasteiger partial charge on any atom is -0.299 e. The molecule has 0 saturated heterocycles. The number of carbonyl (C=O) groups excluding carboxylic acids is 1. The number of quaternary nitrogens is 1. The summed E-state index contributed by atoms with van der Waals surface area (Å²) in [6.07, 6.45) is 7.84. The Morgan fingerprint density at radius 3 is 2.55 bits per heavy atom. The second-order valence-electron chi connectivity index (χ2n) is 5.85. The molecular formula is C17H27N2O+. The van der Waals surface area contributed by atoms with Crippen LogP contribution in [0.25, 0.3) is 0 Å². The lowest BCUT2D eigenvalue weighted by atomic mass is 9.99. The van der Waals surface area contributed by atoms with E-state index in [1.807, 2.05) is 0 Å². The summed E-state index contributed by atoms with van der Waals surface area (Å²) in [6.45, 7) is 3.53. The lowest BCUT2D eigenvalue weighted by molar-refractivity contribution is -0.305. The van der Waals surface area contributed by atoms with Gasteiger partial charge in [-0.1, -0.05) is 43.5 Å². The first-order chi connectivity index (χ1) is 9.75. The Bertz CT molecular complexity index is 431. The average Bonchev–Trinajstić information content (AvgIpc) is 2.46. The molecule has 110 valence electrons. The van der Waals surface area contributed by atoms with E-state index in [-0.39, 0.29) is 5.91 Å². The molecule has 0 aromatic heterocycles. The highest BCUT2D eigenvalue weighted by molar-refractivity contribution is 5.64. The fourth-order valence-electron chi connectivity index (χ4n) is 2.93. The second-order valence-corrected chi connectivity index (χ2v) is 5.85. The Hall–Kier alpha value is -1.19. The van der Waals surface area contributed by atoms with Crippen LogP contribution in [0, 0.1) is 0 Å². The smallest absolute Gasteiger partial charge is 0.299 e. The maximum atomic E-state index is 10.7. The van der Waals surface area contributed by atoms with Crippen molar-refractivity contribution in [1.82, 2.24) is 4.90 Å². The van der Waals surface area contributed by atoms with E-state index in [9.17, 15) is 4.79 Å². The van der Waals surface area contributed by atoms with Crippen LogP contribution in [-0.2, 0) is 17.8 Å². The van der Waals surface area contributed by atoms with Gasteiger partial charge in [0.05, 0.1) is 6.42 Å². The van der Waals surface area contributed by atoms with Crippen LogP contribution >= 0.6 is 0 Å². The van der Waals surface area contributed by atoms with Gasteiger partial charge in [-0.3, -0.25) is 10.6 Å². The largest absolute Gasteiger partial charge is 0.308 e. The van der Waals surface area contributed by atoms with Crippen LogP contribution in [0.4, 0.5) is 0 Å². The van der Waals surface area contributed by atoms with Crippen LogP contribution in [0.1, 0.15) is 49.7 Å². The minimum absolute atomic E-state index is 0.0805. The van der Waals surface area contributed by atoms with Crippen molar-refractivity contribution in [2.45, 2.75) is 51.5 Å². The Kier molecular flexibility index (Phi) is 6.22. The SMILES string of the molecule is [NH3+]C(=O)CCCCCCCN1CCc2ccccc2C1. The minimum atomic E-state index is 0.0805. The first-order valence-electron chi connectivity index (χ1n) is 7.89. The summed E-state index contributed by atoms with van der Waals surface area (Å²) < 4.78 is 0. The third-order valence-electron chi connectivity index (χ3n) is 4.14. The van der Waals surface area contributed by atoms with Gasteiger partial charge in [0, 0.05) is 13.1 Å². The standard InChI is InChI=1S/C17H26N2O/c18-17(20)10-4-2-1-3-7-12-19-13-11-15-8-5-6-9-16(15)14-19/h5-6,8-9H,1-4,7,10-14H2,(H2,18,20)/p+1. The Morgan fingerprint density at radius 2 is 1.75 bits per heavy atom. The summed E-state index contributed by atoms with van der Waals surface area (Å²) in [5.74, 6) is 0.0805. The lowest BCUT2D eigenvalue weighted by Gasteiger charge is -2.28. The van der Waals surface area contributed by atoms with Crippen molar-refractivity contribution in [3.8, 4) is 0 Å². The normalized spacial score (nSPS) is 15.1. The van der Waals surface area contributed by atoms with Crippen molar-refractivity contribution in [2.24, 2.45) is 0 Å². The Labute approximate surface area is 122 Å². The quantitative estimate of drug-likeness (QED) is 0.739. The summed E-state index contributed by atoms with van der Waals surface area (Å²) >= 11 is 0. The van der Waals surface area contributed by atoms with E-state index in [4.69, 9.17) is 0 Å². The van der Waals surface area contributed by atoms with E-state index in [1.54, 1.807) is 0 Å². The van der Waals surface area contributed by atoms with Crippen LogP contribution in [0.5, 0.6) is 0 Å². The van der Waals surface area contributed by atoms with Gasteiger partial charge < -0.3 is 0 Å². The van der Waals surface area contributed by atoms with Crippen LogP contribution in [-0.4, -0.2) is 23.9 Å². The molecule has 0 aliphatic carbocycles. The molecule has 0 unspecified atom stereocenters. The number of benzene rings is 1. The molecule has 1 aromatic carbocycles. The average molecular weight is 275 g/mol. The molecule has 0 spiro atoms. The van der Waals surface area contributed by atoms with E-state index in [1.165, 1.54) is 56.3 Å². The molecule has 3 heteroatoms. The molecular weight excluding hydrogens is 248 g/mol. The van der Waals surface area contributed by atoms with Crippen LogP contribution < -0.4 is 5.73 Å². The monoisotopic (exact) mass is 275 g/mol. The number of nitrogens with zero attached hydrogens (tertiary/aromatic N) is 1. The number of rotatable bonds is 8. The van der Waals surface area contributed by atoms with Gasteiger partial charge in [-0.05, 0) is 36.9 Å². The zero-order valence-electron chi connectivity index (χ0n) is 12.4. The van der Waals surface area contributed by atoms with Crippen molar-refractivity contribution in [1.29, 1.82) is 0 Å². The fraction of sp³-hybridized carbons (Fsp3) is 0.588.